The van der Waals surface area contributed by atoms with Crippen LogP contribution < -0.4 is 0 Å². The Balaban J connectivity index is 2.09. The Bertz CT molecular complexity index is 134. The highest BCUT2D eigenvalue weighted by atomic mass is 32.2. The van der Waals surface area contributed by atoms with Gasteiger partial charge < -0.3 is 4.74 Å². The van der Waals surface area contributed by atoms with Gasteiger partial charge in [-0.25, -0.2) is 0 Å². The average Bonchev–Trinajstić information content (AvgIpc) is 2.22. The van der Waals surface area contributed by atoms with Crippen molar-refractivity contribution in [3.63, 3.8) is 0 Å². The molecule has 0 radical (unpaired) electrons. The molecule has 2 unspecified atom stereocenters. The second kappa shape index (κ2) is 2.02. The minimum atomic E-state index is -1.51. The van der Waals surface area contributed by atoms with E-state index in [-0.39, 0.29) is 12.2 Å². The molecule has 2 heterocycles. The van der Waals surface area contributed by atoms with Crippen molar-refractivity contribution in [2.45, 2.75) is 12.2 Å². The number of fused-ring (bicyclic) bond motifs is 1. The van der Waals surface area contributed by atoms with Gasteiger partial charge >= 0.3 is 11.4 Å². The molecule has 2 aliphatic heterocycles. The molecule has 2 saturated heterocycles. The fourth-order valence-electron chi connectivity index (χ4n) is 0.919. The molecule has 2 rings (SSSR count). The largest absolute Gasteiger partial charge is 0.376 e. The Kier molecular flexibility index (Phi) is 1.30. The third-order valence-electron chi connectivity index (χ3n) is 1.38. The number of ether oxygens (including phenoxy) is 1. The van der Waals surface area contributed by atoms with Gasteiger partial charge in [0.15, 0.2) is 0 Å². The first-order valence-corrected chi connectivity index (χ1v) is 3.70. The number of rotatable bonds is 0. The van der Waals surface area contributed by atoms with Gasteiger partial charge in [-0.15, -0.1) is 0 Å². The van der Waals surface area contributed by atoms with Gasteiger partial charge in [-0.2, -0.15) is 4.21 Å². The standard InChI is InChI=1S/C4H6O4S/c5-9-7-3-1-6-2-4(3)8-9/h3-4H,1-2H2. The van der Waals surface area contributed by atoms with Crippen LogP contribution in [0.3, 0.4) is 0 Å². The lowest BCUT2D eigenvalue weighted by atomic mass is 10.3. The maximum atomic E-state index is 10.5. The monoisotopic (exact) mass is 150 g/mol. The predicted molar refractivity (Wildman–Crippen MR) is 28.7 cm³/mol. The summed E-state index contributed by atoms with van der Waals surface area (Å²) in [6.45, 7) is 1.02. The smallest absolute Gasteiger partial charge is 0.305 e. The highest BCUT2D eigenvalue weighted by molar-refractivity contribution is 7.75. The van der Waals surface area contributed by atoms with E-state index in [2.05, 4.69) is 0 Å². The first-order chi connectivity index (χ1) is 4.36. The van der Waals surface area contributed by atoms with E-state index in [9.17, 15) is 4.21 Å². The number of hydrogen-bond donors (Lipinski definition) is 0. The maximum absolute atomic E-state index is 10.5. The lowest BCUT2D eigenvalue weighted by molar-refractivity contribution is 0.141. The Labute approximate surface area is 55.0 Å². The molecule has 0 N–H and O–H groups in total. The van der Waals surface area contributed by atoms with Crippen molar-refractivity contribution < 1.29 is 17.3 Å². The molecule has 5 heteroatoms. The summed E-state index contributed by atoms with van der Waals surface area (Å²) in [4.78, 5) is 0. The van der Waals surface area contributed by atoms with Crippen LogP contribution in [-0.2, 0) is 24.5 Å². The van der Waals surface area contributed by atoms with Crippen molar-refractivity contribution in [3.05, 3.63) is 0 Å². The third-order valence-corrected chi connectivity index (χ3v) is 2.19. The van der Waals surface area contributed by atoms with E-state index in [0.29, 0.717) is 13.2 Å². The lowest BCUT2D eigenvalue weighted by Crippen LogP contribution is -2.18. The van der Waals surface area contributed by atoms with Gasteiger partial charge in [0.05, 0.1) is 13.2 Å². The molecule has 0 aromatic rings. The molecule has 0 spiro atoms. The molecule has 4 nitrogen and oxygen atoms in total. The molecule has 52 valence electrons. The normalized spacial score (nSPS) is 49.6. The summed E-state index contributed by atoms with van der Waals surface area (Å²) in [6, 6.07) is 0. The summed E-state index contributed by atoms with van der Waals surface area (Å²) in [5.74, 6) is 0. The molecule has 2 atom stereocenters. The van der Waals surface area contributed by atoms with Crippen LogP contribution in [0.25, 0.3) is 0 Å². The van der Waals surface area contributed by atoms with Gasteiger partial charge in [-0.1, -0.05) is 0 Å². The zero-order valence-corrected chi connectivity index (χ0v) is 5.43. The molecule has 0 aliphatic carbocycles. The molecule has 0 saturated carbocycles. The fraction of sp³-hybridized carbons (Fsp3) is 1.00. The second-order valence-electron chi connectivity index (χ2n) is 2.01. The Morgan fingerprint density at radius 3 is 2.33 bits per heavy atom. The molecular weight excluding hydrogens is 144 g/mol. The van der Waals surface area contributed by atoms with Gasteiger partial charge in [0.1, 0.15) is 12.2 Å². The van der Waals surface area contributed by atoms with Crippen LogP contribution in [0, 0.1) is 0 Å². The highest BCUT2D eigenvalue weighted by Gasteiger charge is 2.39. The van der Waals surface area contributed by atoms with Crippen molar-refractivity contribution in [2.24, 2.45) is 0 Å². The van der Waals surface area contributed by atoms with E-state index in [1.807, 2.05) is 0 Å². The Hall–Kier alpha value is 0.0300. The van der Waals surface area contributed by atoms with Crippen LogP contribution in [0.5, 0.6) is 0 Å². The minimum Gasteiger partial charge on any atom is -0.376 e. The van der Waals surface area contributed by atoms with E-state index in [0.717, 1.165) is 0 Å². The van der Waals surface area contributed by atoms with Crippen LogP contribution >= 0.6 is 0 Å². The average molecular weight is 150 g/mol. The van der Waals surface area contributed by atoms with Gasteiger partial charge in [-0.05, 0) is 0 Å². The van der Waals surface area contributed by atoms with Crippen molar-refractivity contribution in [2.75, 3.05) is 13.2 Å². The summed E-state index contributed by atoms with van der Waals surface area (Å²) in [5.41, 5.74) is 0. The van der Waals surface area contributed by atoms with E-state index in [1.165, 1.54) is 0 Å². The van der Waals surface area contributed by atoms with E-state index < -0.39 is 11.4 Å². The first-order valence-electron chi connectivity index (χ1n) is 2.70. The van der Waals surface area contributed by atoms with Crippen LogP contribution in [0.1, 0.15) is 0 Å². The van der Waals surface area contributed by atoms with Crippen molar-refractivity contribution in [3.8, 4) is 0 Å². The lowest BCUT2D eigenvalue weighted by Gasteiger charge is -1.95. The SMILES string of the molecule is O=S1OC2COCC2O1. The number of hydrogen-bond acceptors (Lipinski definition) is 4. The van der Waals surface area contributed by atoms with E-state index in [1.54, 1.807) is 0 Å². The fourth-order valence-corrected chi connectivity index (χ4v) is 1.73. The molecule has 9 heavy (non-hydrogen) atoms. The quantitative estimate of drug-likeness (QED) is 0.461. The Morgan fingerprint density at radius 1 is 1.22 bits per heavy atom. The molecule has 0 bridgehead atoms. The maximum Gasteiger partial charge on any atom is 0.305 e. The molecule has 2 aliphatic rings. The van der Waals surface area contributed by atoms with E-state index in [4.69, 9.17) is 13.1 Å². The van der Waals surface area contributed by atoms with Crippen LogP contribution in [0.2, 0.25) is 0 Å². The topological polar surface area (TPSA) is 44.8 Å². The molecule has 0 aromatic carbocycles. The molecular formula is C4H6O4S. The second-order valence-corrected chi connectivity index (χ2v) is 2.80. The molecule has 0 amide bonds. The summed E-state index contributed by atoms with van der Waals surface area (Å²) in [6.07, 6.45) is -0.184. The van der Waals surface area contributed by atoms with Crippen molar-refractivity contribution in [1.29, 1.82) is 0 Å². The summed E-state index contributed by atoms with van der Waals surface area (Å²) >= 11 is -1.51. The molecule has 0 aromatic heterocycles. The zero-order valence-electron chi connectivity index (χ0n) is 4.61. The van der Waals surface area contributed by atoms with E-state index >= 15 is 0 Å². The van der Waals surface area contributed by atoms with Gasteiger partial charge in [0.2, 0.25) is 0 Å². The molecule has 2 fully saturated rings. The van der Waals surface area contributed by atoms with Crippen LogP contribution in [-0.4, -0.2) is 29.6 Å². The highest BCUT2D eigenvalue weighted by Crippen LogP contribution is 2.22. The summed E-state index contributed by atoms with van der Waals surface area (Å²) in [5, 5.41) is 0. The zero-order chi connectivity index (χ0) is 6.27. The minimum absolute atomic E-state index is 0.0918. The van der Waals surface area contributed by atoms with Crippen LogP contribution in [0.15, 0.2) is 0 Å². The third kappa shape index (κ3) is 0.898. The summed E-state index contributed by atoms with van der Waals surface area (Å²) < 4.78 is 25.1. The van der Waals surface area contributed by atoms with Gasteiger partial charge in [-0.3, -0.25) is 8.37 Å². The Morgan fingerprint density at radius 2 is 1.78 bits per heavy atom. The van der Waals surface area contributed by atoms with Crippen molar-refractivity contribution >= 4 is 11.4 Å². The predicted octanol–water partition coefficient (Wildman–Crippen LogP) is -0.621. The van der Waals surface area contributed by atoms with Gasteiger partial charge in [0, 0.05) is 0 Å². The van der Waals surface area contributed by atoms with Crippen molar-refractivity contribution in [1.82, 2.24) is 0 Å². The van der Waals surface area contributed by atoms with Crippen LogP contribution in [0.4, 0.5) is 0 Å². The first kappa shape index (κ1) is 5.79. The summed E-state index contributed by atoms with van der Waals surface area (Å²) in [7, 11) is 0. The van der Waals surface area contributed by atoms with Gasteiger partial charge in [0.25, 0.3) is 0 Å².